The third-order valence-electron chi connectivity index (χ3n) is 3.53. The van der Waals surface area contributed by atoms with E-state index in [-0.39, 0.29) is 18.6 Å². The molecule has 0 bridgehead atoms. The molecule has 1 aromatic rings. The van der Waals surface area contributed by atoms with Crippen LogP contribution in [0.15, 0.2) is 28.7 Å². The van der Waals surface area contributed by atoms with Gasteiger partial charge in [0.25, 0.3) is 0 Å². The highest BCUT2D eigenvalue weighted by atomic mass is 79.9. The molecule has 96 valence electrons. The maximum Gasteiger partial charge on any atom is 0.249 e. The normalized spacial score (nSPS) is 24.1. The van der Waals surface area contributed by atoms with Crippen LogP contribution in [0, 0.1) is 0 Å². The minimum absolute atomic E-state index is 0.127. The smallest absolute Gasteiger partial charge is 0.249 e. The van der Waals surface area contributed by atoms with Crippen LogP contribution < -0.4 is 4.90 Å². The van der Waals surface area contributed by atoms with E-state index >= 15 is 0 Å². The molecular weight excluding hydrogens is 296 g/mol. The number of fused-ring (bicyclic) bond motifs is 1. The molecule has 2 fully saturated rings. The summed E-state index contributed by atoms with van der Waals surface area (Å²) in [6.45, 7) is 3.44. The quantitative estimate of drug-likeness (QED) is 0.788. The largest absolute Gasteiger partial charge is 0.369 e. The van der Waals surface area contributed by atoms with Crippen molar-refractivity contribution in [3.63, 3.8) is 0 Å². The van der Waals surface area contributed by atoms with E-state index in [1.165, 1.54) is 5.69 Å². The fraction of sp³-hybridized carbons (Fsp3) is 0.462. The fourth-order valence-corrected chi connectivity index (χ4v) is 2.84. The van der Waals surface area contributed by atoms with Crippen molar-refractivity contribution in [2.75, 3.05) is 37.7 Å². The van der Waals surface area contributed by atoms with Crippen LogP contribution in [0.5, 0.6) is 0 Å². The Hall–Kier alpha value is -1.07. The van der Waals surface area contributed by atoms with Gasteiger partial charge in [-0.25, -0.2) is 0 Å². The predicted octanol–water partition coefficient (Wildman–Crippen LogP) is 1.50. The lowest BCUT2D eigenvalue weighted by Gasteiger charge is -2.44. The van der Waals surface area contributed by atoms with Gasteiger partial charge in [-0.3, -0.25) is 4.79 Å². The van der Waals surface area contributed by atoms with Gasteiger partial charge in [-0.1, -0.05) is 15.9 Å². The zero-order chi connectivity index (χ0) is 12.5. The summed E-state index contributed by atoms with van der Waals surface area (Å²) < 4.78 is 6.41. The minimum atomic E-state index is 0.127. The monoisotopic (exact) mass is 310 g/mol. The number of benzene rings is 1. The number of ether oxygens (including phenoxy) is 1. The van der Waals surface area contributed by atoms with Gasteiger partial charge >= 0.3 is 0 Å². The lowest BCUT2D eigenvalue weighted by atomic mass is 10.1. The molecular formula is C13H15BrN2O2. The number of amides is 1. The van der Waals surface area contributed by atoms with Crippen LogP contribution in [0.25, 0.3) is 0 Å². The Labute approximate surface area is 115 Å². The van der Waals surface area contributed by atoms with Crippen LogP contribution in [-0.4, -0.2) is 49.7 Å². The molecule has 2 saturated heterocycles. The van der Waals surface area contributed by atoms with E-state index in [2.05, 4.69) is 33.0 Å². The van der Waals surface area contributed by atoms with Crippen LogP contribution in [0.3, 0.4) is 0 Å². The number of nitrogens with zero attached hydrogens (tertiary/aromatic N) is 2. The lowest BCUT2D eigenvalue weighted by Crippen LogP contribution is -2.60. The molecule has 0 aliphatic carbocycles. The zero-order valence-electron chi connectivity index (χ0n) is 10.0. The first kappa shape index (κ1) is 12.0. The van der Waals surface area contributed by atoms with E-state index in [9.17, 15) is 4.79 Å². The number of morpholine rings is 1. The van der Waals surface area contributed by atoms with Crippen molar-refractivity contribution in [3.8, 4) is 0 Å². The van der Waals surface area contributed by atoms with E-state index in [1.54, 1.807) is 0 Å². The summed E-state index contributed by atoms with van der Waals surface area (Å²) in [5.74, 6) is 0.127. The van der Waals surface area contributed by atoms with Gasteiger partial charge < -0.3 is 14.5 Å². The Morgan fingerprint density at radius 3 is 2.78 bits per heavy atom. The van der Waals surface area contributed by atoms with Crippen LogP contribution >= 0.6 is 15.9 Å². The van der Waals surface area contributed by atoms with Crippen molar-refractivity contribution in [1.82, 2.24) is 4.90 Å². The number of carbonyl (C=O) groups is 1. The third kappa shape index (κ3) is 2.24. The molecule has 0 spiro atoms. The second-order valence-electron chi connectivity index (χ2n) is 4.68. The van der Waals surface area contributed by atoms with Gasteiger partial charge in [0.15, 0.2) is 0 Å². The Morgan fingerprint density at radius 1 is 1.22 bits per heavy atom. The van der Waals surface area contributed by atoms with E-state index in [0.29, 0.717) is 6.61 Å². The summed E-state index contributed by atoms with van der Waals surface area (Å²) in [5.41, 5.74) is 1.20. The maximum absolute atomic E-state index is 11.7. The van der Waals surface area contributed by atoms with Gasteiger partial charge in [0.2, 0.25) is 5.91 Å². The Bertz CT molecular complexity index is 449. The molecule has 2 aliphatic heterocycles. The van der Waals surface area contributed by atoms with Crippen molar-refractivity contribution in [2.45, 2.75) is 6.04 Å². The molecule has 1 atom stereocenters. The van der Waals surface area contributed by atoms with E-state index in [4.69, 9.17) is 4.74 Å². The highest BCUT2D eigenvalue weighted by Gasteiger charge is 2.33. The fourth-order valence-electron chi connectivity index (χ4n) is 2.58. The van der Waals surface area contributed by atoms with Crippen molar-refractivity contribution < 1.29 is 9.53 Å². The van der Waals surface area contributed by atoms with Crippen LogP contribution in [0.4, 0.5) is 5.69 Å². The first-order valence-corrected chi connectivity index (χ1v) is 6.91. The SMILES string of the molecule is O=C1COC[C@@H]2CN(c3ccc(Br)cc3)CCN12. The second-order valence-corrected chi connectivity index (χ2v) is 5.59. The zero-order valence-corrected chi connectivity index (χ0v) is 11.6. The standard InChI is InChI=1S/C13H15BrN2O2/c14-10-1-3-11(4-2-10)15-5-6-16-12(7-15)8-18-9-13(16)17/h1-4,12H,5-9H2/t12-/m0/s1. The summed E-state index contributed by atoms with van der Waals surface area (Å²) in [5, 5.41) is 0. The number of carbonyl (C=O) groups excluding carboxylic acids is 1. The summed E-state index contributed by atoms with van der Waals surface area (Å²) >= 11 is 3.44. The first-order chi connectivity index (χ1) is 8.74. The topological polar surface area (TPSA) is 32.8 Å². The van der Waals surface area contributed by atoms with Crippen LogP contribution in [-0.2, 0) is 9.53 Å². The third-order valence-corrected chi connectivity index (χ3v) is 4.06. The highest BCUT2D eigenvalue weighted by molar-refractivity contribution is 9.10. The molecule has 0 radical (unpaired) electrons. The molecule has 2 aliphatic rings. The molecule has 0 saturated carbocycles. The number of hydrogen-bond donors (Lipinski definition) is 0. The minimum Gasteiger partial charge on any atom is -0.369 e. The van der Waals surface area contributed by atoms with E-state index in [1.807, 2.05) is 17.0 Å². The summed E-state index contributed by atoms with van der Waals surface area (Å²) in [4.78, 5) is 16.0. The second kappa shape index (κ2) is 4.90. The molecule has 3 rings (SSSR count). The molecule has 0 N–H and O–H groups in total. The molecule has 4 nitrogen and oxygen atoms in total. The van der Waals surface area contributed by atoms with Crippen molar-refractivity contribution >= 4 is 27.5 Å². The van der Waals surface area contributed by atoms with Crippen LogP contribution in [0.1, 0.15) is 0 Å². The Kier molecular flexibility index (Phi) is 3.26. The van der Waals surface area contributed by atoms with E-state index in [0.717, 1.165) is 24.1 Å². The van der Waals surface area contributed by atoms with Gasteiger partial charge in [0.1, 0.15) is 6.61 Å². The summed E-state index contributed by atoms with van der Waals surface area (Å²) in [7, 11) is 0. The van der Waals surface area contributed by atoms with Crippen LogP contribution in [0.2, 0.25) is 0 Å². The molecule has 0 unspecified atom stereocenters. The van der Waals surface area contributed by atoms with Gasteiger partial charge in [0.05, 0.1) is 12.6 Å². The highest BCUT2D eigenvalue weighted by Crippen LogP contribution is 2.23. The lowest BCUT2D eigenvalue weighted by molar-refractivity contribution is -0.148. The summed E-state index contributed by atoms with van der Waals surface area (Å²) in [6, 6.07) is 8.49. The van der Waals surface area contributed by atoms with Crippen molar-refractivity contribution in [3.05, 3.63) is 28.7 Å². The number of halogens is 1. The number of anilines is 1. The maximum atomic E-state index is 11.7. The molecule has 1 amide bonds. The van der Waals surface area contributed by atoms with Gasteiger partial charge in [-0.05, 0) is 24.3 Å². The predicted molar refractivity (Wildman–Crippen MR) is 72.7 cm³/mol. The average Bonchev–Trinajstić information content (AvgIpc) is 2.39. The molecule has 18 heavy (non-hydrogen) atoms. The molecule has 1 aromatic carbocycles. The number of piperazine rings is 1. The Morgan fingerprint density at radius 2 is 2.00 bits per heavy atom. The molecule has 2 heterocycles. The summed E-state index contributed by atoms with van der Waals surface area (Å²) in [6.07, 6.45) is 0. The number of rotatable bonds is 1. The molecule has 5 heteroatoms. The first-order valence-electron chi connectivity index (χ1n) is 6.12. The van der Waals surface area contributed by atoms with Gasteiger partial charge in [-0.15, -0.1) is 0 Å². The number of hydrogen-bond acceptors (Lipinski definition) is 3. The Balaban J connectivity index is 1.73. The average molecular weight is 311 g/mol. The van der Waals surface area contributed by atoms with Gasteiger partial charge in [0, 0.05) is 29.8 Å². The van der Waals surface area contributed by atoms with Crippen molar-refractivity contribution in [1.29, 1.82) is 0 Å². The van der Waals surface area contributed by atoms with E-state index < -0.39 is 0 Å². The van der Waals surface area contributed by atoms with Crippen molar-refractivity contribution in [2.24, 2.45) is 0 Å². The molecule has 0 aromatic heterocycles. The van der Waals surface area contributed by atoms with Gasteiger partial charge in [-0.2, -0.15) is 0 Å².